The Bertz CT molecular complexity index is 624. The summed E-state index contributed by atoms with van der Waals surface area (Å²) >= 11 is 0. The van der Waals surface area contributed by atoms with Crippen LogP contribution in [-0.2, 0) is 0 Å². The van der Waals surface area contributed by atoms with E-state index in [4.69, 9.17) is 19.6 Å². The van der Waals surface area contributed by atoms with E-state index in [1.807, 2.05) is 0 Å². The van der Waals surface area contributed by atoms with Crippen LogP contribution in [0.1, 0.15) is 0 Å². The summed E-state index contributed by atoms with van der Waals surface area (Å²) in [6.45, 7) is 0. The first-order valence-corrected chi connectivity index (χ1v) is 5.06. The van der Waals surface area contributed by atoms with Crippen LogP contribution in [0.5, 0.6) is 11.5 Å². The molecule has 2 N–H and O–H groups in total. The molecule has 0 saturated heterocycles. The molecule has 19 heavy (non-hydrogen) atoms. The van der Waals surface area contributed by atoms with Crippen molar-refractivity contribution >= 4 is 11.7 Å². The van der Waals surface area contributed by atoms with Crippen LogP contribution in [0.3, 0.4) is 0 Å². The first-order chi connectivity index (χ1) is 9.06. The van der Waals surface area contributed by atoms with E-state index in [1.54, 1.807) is 0 Å². The van der Waals surface area contributed by atoms with Gasteiger partial charge >= 0.3 is 11.7 Å². The largest absolute Gasteiger partial charge is 0.496 e. The quantitative estimate of drug-likeness (QED) is 0.646. The van der Waals surface area contributed by atoms with E-state index >= 15 is 0 Å². The van der Waals surface area contributed by atoms with Crippen LogP contribution in [0.25, 0.3) is 11.5 Å². The molecule has 2 aromatic rings. The Kier molecular flexibility index (Phi) is 3.19. The number of nitrogens with zero attached hydrogens (tertiary/aromatic N) is 3. The maximum Gasteiger partial charge on any atom is 0.313 e. The summed E-state index contributed by atoms with van der Waals surface area (Å²) in [6, 6.07) is 2.45. The molecule has 0 unspecified atom stereocenters. The number of hydrogen-bond donors (Lipinski definition) is 1. The van der Waals surface area contributed by atoms with Crippen molar-refractivity contribution in [2.45, 2.75) is 0 Å². The lowest BCUT2D eigenvalue weighted by molar-refractivity contribution is -0.385. The van der Waals surface area contributed by atoms with Crippen LogP contribution in [0.2, 0.25) is 0 Å². The van der Waals surface area contributed by atoms with Crippen molar-refractivity contribution < 1.29 is 18.8 Å². The molecule has 100 valence electrons. The number of anilines is 1. The zero-order valence-electron chi connectivity index (χ0n) is 10.1. The zero-order chi connectivity index (χ0) is 14.0. The smallest absolute Gasteiger partial charge is 0.313 e. The van der Waals surface area contributed by atoms with E-state index in [0.29, 0.717) is 5.75 Å². The van der Waals surface area contributed by atoms with Crippen LogP contribution >= 0.6 is 0 Å². The fraction of sp³-hybridized carbons (Fsp3) is 0.200. The highest BCUT2D eigenvalue weighted by Crippen LogP contribution is 2.39. The number of nitro groups is 1. The third-order valence-electron chi connectivity index (χ3n) is 2.37. The molecule has 0 aliphatic carbocycles. The average Bonchev–Trinajstić information content (AvgIpc) is 2.83. The maximum atomic E-state index is 11.0. The molecule has 0 aliphatic heterocycles. The Morgan fingerprint density at radius 3 is 2.42 bits per heavy atom. The second kappa shape index (κ2) is 4.80. The van der Waals surface area contributed by atoms with Gasteiger partial charge in [-0.1, -0.05) is 5.10 Å². The molecule has 0 fully saturated rings. The van der Waals surface area contributed by atoms with Crippen LogP contribution in [0.15, 0.2) is 16.5 Å². The van der Waals surface area contributed by atoms with Gasteiger partial charge in [-0.15, -0.1) is 5.10 Å². The molecule has 1 heterocycles. The molecule has 0 amide bonds. The van der Waals surface area contributed by atoms with Gasteiger partial charge < -0.3 is 19.6 Å². The SMILES string of the molecule is COc1cc(OC)c([N+](=O)[O-])cc1-c1nnc(N)o1. The minimum absolute atomic E-state index is 0.0279. The fourth-order valence-corrected chi connectivity index (χ4v) is 1.54. The molecule has 1 aromatic carbocycles. The molecule has 2 rings (SSSR count). The zero-order valence-corrected chi connectivity index (χ0v) is 10.1. The van der Waals surface area contributed by atoms with Gasteiger partial charge in [0.1, 0.15) is 5.75 Å². The Labute approximate surface area is 107 Å². The lowest BCUT2D eigenvalue weighted by Gasteiger charge is -2.08. The second-order valence-corrected chi connectivity index (χ2v) is 3.43. The molecule has 0 saturated carbocycles. The molecule has 1 aromatic heterocycles. The molecule has 0 radical (unpaired) electrons. The van der Waals surface area contributed by atoms with E-state index in [-0.39, 0.29) is 28.9 Å². The highest BCUT2D eigenvalue weighted by molar-refractivity contribution is 5.70. The second-order valence-electron chi connectivity index (χ2n) is 3.43. The van der Waals surface area contributed by atoms with Crippen molar-refractivity contribution in [1.29, 1.82) is 0 Å². The summed E-state index contributed by atoms with van der Waals surface area (Å²) in [4.78, 5) is 10.4. The van der Waals surface area contributed by atoms with E-state index in [9.17, 15) is 10.1 Å². The minimum atomic E-state index is -0.582. The molecule has 0 aliphatic rings. The Balaban J connectivity index is 2.65. The fourth-order valence-electron chi connectivity index (χ4n) is 1.54. The number of aromatic nitrogens is 2. The van der Waals surface area contributed by atoms with Gasteiger partial charge in [-0.05, 0) is 0 Å². The van der Waals surface area contributed by atoms with Gasteiger partial charge in [-0.3, -0.25) is 10.1 Å². The third kappa shape index (κ3) is 2.25. The normalized spacial score (nSPS) is 10.2. The monoisotopic (exact) mass is 266 g/mol. The number of ether oxygens (including phenoxy) is 2. The highest BCUT2D eigenvalue weighted by Gasteiger charge is 2.23. The number of hydrogen-bond acceptors (Lipinski definition) is 8. The maximum absolute atomic E-state index is 11.0. The molecular formula is C10H10N4O5. The van der Waals surface area contributed by atoms with Crippen molar-refractivity contribution in [3.05, 3.63) is 22.2 Å². The first-order valence-electron chi connectivity index (χ1n) is 5.06. The summed E-state index contributed by atoms with van der Waals surface area (Å²) in [6.07, 6.45) is 0. The predicted molar refractivity (Wildman–Crippen MR) is 63.9 cm³/mol. The van der Waals surface area contributed by atoms with Crippen molar-refractivity contribution in [3.63, 3.8) is 0 Å². The highest BCUT2D eigenvalue weighted by atomic mass is 16.6. The summed E-state index contributed by atoms with van der Waals surface area (Å²) < 4.78 is 15.1. The van der Waals surface area contributed by atoms with Crippen molar-refractivity contribution in [2.75, 3.05) is 20.0 Å². The van der Waals surface area contributed by atoms with Crippen molar-refractivity contribution in [2.24, 2.45) is 0 Å². The Morgan fingerprint density at radius 1 is 1.26 bits per heavy atom. The lowest BCUT2D eigenvalue weighted by atomic mass is 10.1. The molecule has 0 spiro atoms. The van der Waals surface area contributed by atoms with Crippen LogP contribution in [0, 0.1) is 10.1 Å². The number of methoxy groups -OCH3 is 2. The predicted octanol–water partition coefficient (Wildman–Crippen LogP) is 1.24. The van der Waals surface area contributed by atoms with Crippen molar-refractivity contribution in [1.82, 2.24) is 10.2 Å². The van der Waals surface area contributed by atoms with Gasteiger partial charge in [0.05, 0.1) is 24.7 Å². The number of nitrogen functional groups attached to an aromatic ring is 1. The molecule has 9 heteroatoms. The molecule has 0 atom stereocenters. The summed E-state index contributed by atoms with van der Waals surface area (Å²) in [7, 11) is 2.73. The minimum Gasteiger partial charge on any atom is -0.496 e. The van der Waals surface area contributed by atoms with E-state index in [0.717, 1.165) is 0 Å². The molecule has 0 bridgehead atoms. The van der Waals surface area contributed by atoms with Crippen molar-refractivity contribution in [3.8, 4) is 23.0 Å². The number of benzene rings is 1. The standard InChI is InChI=1S/C10H10N4O5/c1-17-7-4-8(18-2)6(14(15)16)3-5(7)9-12-13-10(11)19-9/h3-4H,1-2H3,(H2,11,13). The van der Waals surface area contributed by atoms with E-state index in [2.05, 4.69) is 10.2 Å². The Hall–Kier alpha value is -2.84. The van der Waals surface area contributed by atoms with E-state index < -0.39 is 4.92 Å². The summed E-state index contributed by atoms with van der Waals surface area (Å²) in [5.74, 6) is 0.393. The van der Waals surface area contributed by atoms with Gasteiger partial charge in [0.2, 0.25) is 5.75 Å². The summed E-state index contributed by atoms with van der Waals surface area (Å²) in [5, 5.41) is 18.1. The van der Waals surface area contributed by atoms with Gasteiger partial charge in [0.15, 0.2) is 0 Å². The number of nitro benzene ring substituents is 1. The number of rotatable bonds is 4. The van der Waals surface area contributed by atoms with Gasteiger partial charge in [0, 0.05) is 12.1 Å². The lowest BCUT2D eigenvalue weighted by Crippen LogP contribution is -1.97. The Morgan fingerprint density at radius 2 is 1.95 bits per heavy atom. The number of nitrogens with two attached hydrogens (primary N) is 1. The van der Waals surface area contributed by atoms with E-state index in [1.165, 1.54) is 26.4 Å². The molecular weight excluding hydrogens is 256 g/mol. The molecule has 9 nitrogen and oxygen atoms in total. The third-order valence-corrected chi connectivity index (χ3v) is 2.37. The van der Waals surface area contributed by atoms with Crippen LogP contribution < -0.4 is 15.2 Å². The van der Waals surface area contributed by atoms with Gasteiger partial charge in [-0.25, -0.2) is 0 Å². The van der Waals surface area contributed by atoms with Gasteiger partial charge in [-0.2, -0.15) is 0 Å². The van der Waals surface area contributed by atoms with Crippen LogP contribution in [0.4, 0.5) is 11.7 Å². The first kappa shape index (κ1) is 12.6. The summed E-state index contributed by atoms with van der Waals surface area (Å²) in [5.41, 5.74) is 5.34. The van der Waals surface area contributed by atoms with Crippen LogP contribution in [-0.4, -0.2) is 29.3 Å². The topological polar surface area (TPSA) is 127 Å². The van der Waals surface area contributed by atoms with Gasteiger partial charge in [0.25, 0.3) is 5.89 Å². The average molecular weight is 266 g/mol.